The summed E-state index contributed by atoms with van der Waals surface area (Å²) < 4.78 is 5.32. The second kappa shape index (κ2) is 6.07. The van der Waals surface area contributed by atoms with Gasteiger partial charge in [0.05, 0.1) is 6.10 Å². The van der Waals surface area contributed by atoms with E-state index >= 15 is 0 Å². The first-order valence-corrected chi connectivity index (χ1v) is 6.37. The lowest BCUT2D eigenvalue weighted by Gasteiger charge is -2.30. The summed E-state index contributed by atoms with van der Waals surface area (Å²) in [5, 5.41) is 0. The van der Waals surface area contributed by atoms with E-state index < -0.39 is 0 Å². The van der Waals surface area contributed by atoms with Gasteiger partial charge in [0, 0.05) is 5.57 Å². The molecule has 0 aliphatic heterocycles. The Balaban J connectivity index is 2.35. The maximum absolute atomic E-state index is 11.4. The number of carbonyl (C=O) groups excluding carboxylic acids is 1. The highest BCUT2D eigenvalue weighted by molar-refractivity contribution is 5.87. The van der Waals surface area contributed by atoms with Gasteiger partial charge in [-0.1, -0.05) is 39.2 Å². The Morgan fingerprint density at radius 3 is 2.62 bits per heavy atom. The number of carbonyl (C=O) groups is 1. The quantitative estimate of drug-likeness (QED) is 0.537. The molecule has 0 aromatic carbocycles. The largest absolute Gasteiger partial charge is 0.459 e. The topological polar surface area (TPSA) is 26.3 Å². The van der Waals surface area contributed by atoms with Gasteiger partial charge in [-0.3, -0.25) is 0 Å². The lowest BCUT2D eigenvalue weighted by molar-refractivity contribution is -0.144. The minimum absolute atomic E-state index is 0.0229. The monoisotopic (exact) mass is 224 g/mol. The van der Waals surface area contributed by atoms with Crippen molar-refractivity contribution < 1.29 is 9.53 Å². The fraction of sp³-hybridized carbons (Fsp3) is 0.786. The molecule has 0 spiro atoms. The zero-order chi connectivity index (χ0) is 12.1. The maximum atomic E-state index is 11.4. The molecule has 1 fully saturated rings. The highest BCUT2D eigenvalue weighted by Crippen LogP contribution is 2.33. The molecular weight excluding hydrogens is 200 g/mol. The maximum Gasteiger partial charge on any atom is 0.333 e. The van der Waals surface area contributed by atoms with E-state index in [1.165, 1.54) is 25.7 Å². The molecular formula is C14H24O2. The van der Waals surface area contributed by atoms with E-state index in [1.54, 1.807) is 6.92 Å². The van der Waals surface area contributed by atoms with Gasteiger partial charge in [0.1, 0.15) is 0 Å². The first-order chi connectivity index (χ1) is 7.50. The van der Waals surface area contributed by atoms with Crippen LogP contribution >= 0.6 is 0 Å². The van der Waals surface area contributed by atoms with Gasteiger partial charge in [-0.2, -0.15) is 0 Å². The van der Waals surface area contributed by atoms with Gasteiger partial charge in [0.2, 0.25) is 0 Å². The second-order valence-electron chi connectivity index (χ2n) is 5.25. The summed E-state index contributed by atoms with van der Waals surface area (Å²) in [4.78, 5) is 11.4. The molecule has 0 saturated heterocycles. The first kappa shape index (κ1) is 13.3. The summed E-state index contributed by atoms with van der Waals surface area (Å²) >= 11 is 0. The minimum atomic E-state index is -0.254. The van der Waals surface area contributed by atoms with E-state index in [0.29, 0.717) is 5.57 Å². The van der Waals surface area contributed by atoms with Gasteiger partial charge in [0.25, 0.3) is 0 Å². The Bertz CT molecular complexity index is 257. The SMILES string of the molecule is C=C(C)C(=O)OC(C)CC1CCCCC1C. The highest BCUT2D eigenvalue weighted by atomic mass is 16.5. The number of hydrogen-bond acceptors (Lipinski definition) is 2. The molecule has 2 heteroatoms. The van der Waals surface area contributed by atoms with Crippen LogP contribution in [0.3, 0.4) is 0 Å². The van der Waals surface area contributed by atoms with Crippen LogP contribution in [0.4, 0.5) is 0 Å². The fourth-order valence-electron chi connectivity index (χ4n) is 2.50. The van der Waals surface area contributed by atoms with Gasteiger partial charge in [-0.05, 0) is 32.1 Å². The van der Waals surface area contributed by atoms with Crippen molar-refractivity contribution in [2.24, 2.45) is 11.8 Å². The smallest absolute Gasteiger partial charge is 0.333 e. The Morgan fingerprint density at radius 1 is 1.44 bits per heavy atom. The molecule has 0 bridgehead atoms. The minimum Gasteiger partial charge on any atom is -0.459 e. The molecule has 0 N–H and O–H groups in total. The molecule has 92 valence electrons. The normalized spacial score (nSPS) is 27.2. The van der Waals surface area contributed by atoms with Crippen LogP contribution in [0.5, 0.6) is 0 Å². The molecule has 0 heterocycles. The summed E-state index contributed by atoms with van der Waals surface area (Å²) in [6, 6.07) is 0. The average molecular weight is 224 g/mol. The third-order valence-corrected chi connectivity index (χ3v) is 3.58. The summed E-state index contributed by atoms with van der Waals surface area (Å²) in [5.41, 5.74) is 0.489. The molecule has 3 atom stereocenters. The van der Waals surface area contributed by atoms with Crippen LogP contribution in [0.2, 0.25) is 0 Å². The van der Waals surface area contributed by atoms with Gasteiger partial charge < -0.3 is 4.74 Å². The molecule has 1 aliphatic rings. The van der Waals surface area contributed by atoms with Crippen molar-refractivity contribution in [3.63, 3.8) is 0 Å². The van der Waals surface area contributed by atoms with Crippen LogP contribution in [-0.4, -0.2) is 12.1 Å². The van der Waals surface area contributed by atoms with E-state index in [2.05, 4.69) is 13.5 Å². The van der Waals surface area contributed by atoms with Crippen molar-refractivity contribution in [1.82, 2.24) is 0 Å². The summed E-state index contributed by atoms with van der Waals surface area (Å²) in [5.74, 6) is 1.25. The van der Waals surface area contributed by atoms with E-state index in [4.69, 9.17) is 4.74 Å². The lowest BCUT2D eigenvalue weighted by atomic mass is 9.78. The molecule has 1 saturated carbocycles. The van der Waals surface area contributed by atoms with Gasteiger partial charge in [0.15, 0.2) is 0 Å². The third kappa shape index (κ3) is 3.99. The van der Waals surface area contributed by atoms with Gasteiger partial charge in [-0.25, -0.2) is 4.79 Å². The zero-order valence-electron chi connectivity index (χ0n) is 10.8. The number of ether oxygens (including phenoxy) is 1. The van der Waals surface area contributed by atoms with Crippen molar-refractivity contribution in [3.05, 3.63) is 12.2 Å². The molecule has 1 aliphatic carbocycles. The predicted octanol–water partition coefficient (Wildman–Crippen LogP) is 3.71. The molecule has 0 aromatic rings. The number of hydrogen-bond donors (Lipinski definition) is 0. The molecule has 16 heavy (non-hydrogen) atoms. The molecule has 0 radical (unpaired) electrons. The molecule has 0 aromatic heterocycles. The van der Waals surface area contributed by atoms with Crippen LogP contribution in [0.15, 0.2) is 12.2 Å². The van der Waals surface area contributed by atoms with Crippen LogP contribution in [0, 0.1) is 11.8 Å². The zero-order valence-corrected chi connectivity index (χ0v) is 10.8. The van der Waals surface area contributed by atoms with E-state index in [0.717, 1.165) is 18.3 Å². The lowest BCUT2D eigenvalue weighted by Crippen LogP contribution is -2.24. The molecule has 1 rings (SSSR count). The van der Waals surface area contributed by atoms with Crippen molar-refractivity contribution >= 4 is 5.97 Å². The fourth-order valence-corrected chi connectivity index (χ4v) is 2.50. The van der Waals surface area contributed by atoms with Crippen LogP contribution in [0.25, 0.3) is 0 Å². The van der Waals surface area contributed by atoms with Gasteiger partial charge >= 0.3 is 5.97 Å². The first-order valence-electron chi connectivity index (χ1n) is 6.37. The second-order valence-corrected chi connectivity index (χ2v) is 5.25. The summed E-state index contributed by atoms with van der Waals surface area (Å²) in [6.07, 6.45) is 6.32. The standard InChI is InChI=1S/C14H24O2/c1-10(2)14(15)16-12(4)9-13-8-6-5-7-11(13)3/h11-13H,1,5-9H2,2-4H3. The Kier molecular flexibility index (Phi) is 5.04. The average Bonchev–Trinajstić information content (AvgIpc) is 2.21. The summed E-state index contributed by atoms with van der Waals surface area (Å²) in [7, 11) is 0. The van der Waals surface area contributed by atoms with Crippen LogP contribution < -0.4 is 0 Å². The molecule has 0 amide bonds. The Hall–Kier alpha value is -0.790. The van der Waals surface area contributed by atoms with Crippen LogP contribution in [0.1, 0.15) is 52.9 Å². The third-order valence-electron chi connectivity index (χ3n) is 3.58. The summed E-state index contributed by atoms with van der Waals surface area (Å²) in [6.45, 7) is 9.59. The number of rotatable bonds is 4. The predicted molar refractivity (Wildman–Crippen MR) is 66.1 cm³/mol. The van der Waals surface area contributed by atoms with E-state index in [-0.39, 0.29) is 12.1 Å². The van der Waals surface area contributed by atoms with Crippen molar-refractivity contribution in [1.29, 1.82) is 0 Å². The van der Waals surface area contributed by atoms with E-state index in [9.17, 15) is 4.79 Å². The number of esters is 1. The van der Waals surface area contributed by atoms with Crippen molar-refractivity contribution in [2.75, 3.05) is 0 Å². The van der Waals surface area contributed by atoms with Crippen molar-refractivity contribution in [2.45, 2.75) is 59.0 Å². The van der Waals surface area contributed by atoms with Gasteiger partial charge in [-0.15, -0.1) is 0 Å². The highest BCUT2D eigenvalue weighted by Gasteiger charge is 2.24. The Labute approximate surface area is 99.1 Å². The molecule has 2 nitrogen and oxygen atoms in total. The molecule has 3 unspecified atom stereocenters. The van der Waals surface area contributed by atoms with Crippen molar-refractivity contribution in [3.8, 4) is 0 Å². The Morgan fingerprint density at radius 2 is 2.06 bits per heavy atom. The van der Waals surface area contributed by atoms with Crippen LogP contribution in [-0.2, 0) is 9.53 Å². The van der Waals surface area contributed by atoms with E-state index in [1.807, 2.05) is 6.92 Å².